The van der Waals surface area contributed by atoms with Gasteiger partial charge in [-0.1, -0.05) is 6.92 Å². The van der Waals surface area contributed by atoms with Gasteiger partial charge in [-0.25, -0.2) is 0 Å². The molecule has 0 aromatic carbocycles. The molecule has 0 aromatic heterocycles. The van der Waals surface area contributed by atoms with Gasteiger partial charge in [-0.3, -0.25) is 14.9 Å². The van der Waals surface area contributed by atoms with Crippen LogP contribution in [-0.4, -0.2) is 37.6 Å². The molecule has 0 aliphatic heterocycles. The summed E-state index contributed by atoms with van der Waals surface area (Å²) in [6.45, 7) is 4.43. The SMILES string of the molecule is CCCNC(=O)C(C)NC(C(=O)OC)C1CC1. The molecule has 0 bridgehead atoms. The van der Waals surface area contributed by atoms with Crippen LogP contribution in [-0.2, 0) is 14.3 Å². The molecule has 2 N–H and O–H groups in total. The third-order valence-corrected chi connectivity index (χ3v) is 2.92. The summed E-state index contributed by atoms with van der Waals surface area (Å²) in [5, 5.41) is 5.85. The van der Waals surface area contributed by atoms with Gasteiger partial charge in [-0.15, -0.1) is 0 Å². The number of amides is 1. The van der Waals surface area contributed by atoms with E-state index >= 15 is 0 Å². The van der Waals surface area contributed by atoms with Gasteiger partial charge in [0.1, 0.15) is 6.04 Å². The summed E-state index contributed by atoms with van der Waals surface area (Å²) < 4.78 is 4.74. The van der Waals surface area contributed by atoms with Crippen molar-refractivity contribution in [1.82, 2.24) is 10.6 Å². The molecule has 2 unspecified atom stereocenters. The fraction of sp³-hybridized carbons (Fsp3) is 0.833. The minimum atomic E-state index is -0.369. The molecule has 2 atom stereocenters. The van der Waals surface area contributed by atoms with E-state index in [0.717, 1.165) is 19.3 Å². The molecule has 1 aliphatic rings. The Morgan fingerprint density at radius 2 is 2.06 bits per heavy atom. The maximum atomic E-state index is 11.7. The first kappa shape index (κ1) is 14.0. The molecule has 5 heteroatoms. The first-order valence-corrected chi connectivity index (χ1v) is 6.21. The largest absolute Gasteiger partial charge is 0.468 e. The van der Waals surface area contributed by atoms with Gasteiger partial charge >= 0.3 is 5.97 Å². The molecule has 17 heavy (non-hydrogen) atoms. The van der Waals surface area contributed by atoms with E-state index in [1.807, 2.05) is 6.92 Å². The van der Waals surface area contributed by atoms with E-state index in [9.17, 15) is 9.59 Å². The highest BCUT2D eigenvalue weighted by Crippen LogP contribution is 2.33. The van der Waals surface area contributed by atoms with Crippen molar-refractivity contribution in [2.45, 2.75) is 45.2 Å². The number of methoxy groups -OCH3 is 1. The molecule has 1 amide bonds. The Labute approximate surface area is 102 Å². The Morgan fingerprint density at radius 3 is 2.53 bits per heavy atom. The van der Waals surface area contributed by atoms with Crippen molar-refractivity contribution in [3.05, 3.63) is 0 Å². The van der Waals surface area contributed by atoms with Crippen molar-refractivity contribution in [2.75, 3.05) is 13.7 Å². The molecule has 0 saturated heterocycles. The summed E-state index contributed by atoms with van der Waals surface area (Å²) >= 11 is 0. The molecule has 0 spiro atoms. The lowest BCUT2D eigenvalue weighted by Crippen LogP contribution is -2.50. The van der Waals surface area contributed by atoms with Crippen molar-refractivity contribution in [2.24, 2.45) is 5.92 Å². The minimum Gasteiger partial charge on any atom is -0.468 e. The summed E-state index contributed by atoms with van der Waals surface area (Å²) in [4.78, 5) is 23.2. The van der Waals surface area contributed by atoms with Crippen molar-refractivity contribution in [1.29, 1.82) is 0 Å². The third-order valence-electron chi connectivity index (χ3n) is 2.92. The van der Waals surface area contributed by atoms with Crippen molar-refractivity contribution >= 4 is 11.9 Å². The van der Waals surface area contributed by atoms with Gasteiger partial charge in [0.2, 0.25) is 5.91 Å². The maximum absolute atomic E-state index is 11.7. The van der Waals surface area contributed by atoms with Gasteiger partial charge in [0, 0.05) is 6.54 Å². The fourth-order valence-corrected chi connectivity index (χ4v) is 1.70. The van der Waals surface area contributed by atoms with Crippen molar-refractivity contribution in [3.63, 3.8) is 0 Å². The highest BCUT2D eigenvalue weighted by atomic mass is 16.5. The van der Waals surface area contributed by atoms with E-state index in [4.69, 9.17) is 4.74 Å². The molecular formula is C12H22N2O3. The zero-order chi connectivity index (χ0) is 12.8. The highest BCUT2D eigenvalue weighted by molar-refractivity contribution is 5.83. The predicted octanol–water partition coefficient (Wildman–Crippen LogP) is 0.442. The Bertz CT molecular complexity index is 277. The molecule has 1 rings (SSSR count). The second kappa shape index (κ2) is 6.59. The van der Waals surface area contributed by atoms with Crippen LogP contribution in [0.15, 0.2) is 0 Å². The van der Waals surface area contributed by atoms with Crippen LogP contribution in [0.3, 0.4) is 0 Å². The lowest BCUT2D eigenvalue weighted by atomic mass is 10.1. The quantitative estimate of drug-likeness (QED) is 0.636. The van der Waals surface area contributed by atoms with Gasteiger partial charge in [0.15, 0.2) is 0 Å². The molecule has 0 heterocycles. The standard InChI is InChI=1S/C12H22N2O3/c1-4-7-13-11(15)8(2)14-10(9-5-6-9)12(16)17-3/h8-10,14H,4-7H2,1-3H3,(H,13,15). The monoisotopic (exact) mass is 242 g/mol. The van der Waals surface area contributed by atoms with E-state index in [0.29, 0.717) is 12.5 Å². The average molecular weight is 242 g/mol. The summed E-state index contributed by atoms with van der Waals surface area (Å²) in [7, 11) is 1.38. The van der Waals surface area contributed by atoms with Gasteiger partial charge in [0.25, 0.3) is 0 Å². The lowest BCUT2D eigenvalue weighted by Gasteiger charge is -2.20. The molecule has 5 nitrogen and oxygen atoms in total. The van der Waals surface area contributed by atoms with Gasteiger partial charge in [-0.05, 0) is 32.1 Å². The van der Waals surface area contributed by atoms with E-state index in [1.165, 1.54) is 7.11 Å². The second-order valence-electron chi connectivity index (χ2n) is 4.52. The van der Waals surface area contributed by atoms with Crippen LogP contribution in [0.25, 0.3) is 0 Å². The number of rotatable bonds is 7. The predicted molar refractivity (Wildman–Crippen MR) is 64.4 cm³/mol. The van der Waals surface area contributed by atoms with E-state index in [2.05, 4.69) is 10.6 Å². The molecule has 1 saturated carbocycles. The Morgan fingerprint density at radius 1 is 1.41 bits per heavy atom. The van der Waals surface area contributed by atoms with Crippen LogP contribution in [0.5, 0.6) is 0 Å². The first-order valence-electron chi connectivity index (χ1n) is 6.21. The van der Waals surface area contributed by atoms with Gasteiger partial charge < -0.3 is 10.1 Å². The topological polar surface area (TPSA) is 67.4 Å². The van der Waals surface area contributed by atoms with Crippen LogP contribution in [0.1, 0.15) is 33.1 Å². The zero-order valence-electron chi connectivity index (χ0n) is 10.8. The Kier molecular flexibility index (Phi) is 5.41. The molecule has 1 aliphatic carbocycles. The van der Waals surface area contributed by atoms with Crippen molar-refractivity contribution < 1.29 is 14.3 Å². The molecule has 1 fully saturated rings. The lowest BCUT2D eigenvalue weighted by molar-refractivity contribution is -0.144. The van der Waals surface area contributed by atoms with Crippen molar-refractivity contribution in [3.8, 4) is 0 Å². The number of ether oxygens (including phenoxy) is 1. The van der Waals surface area contributed by atoms with Gasteiger partial charge in [-0.2, -0.15) is 0 Å². The fourth-order valence-electron chi connectivity index (χ4n) is 1.70. The molecule has 98 valence electrons. The summed E-state index contributed by atoms with van der Waals surface area (Å²) in [5.41, 5.74) is 0. The zero-order valence-corrected chi connectivity index (χ0v) is 10.8. The number of hydrogen-bond donors (Lipinski definition) is 2. The van der Waals surface area contributed by atoms with Crippen LogP contribution in [0.4, 0.5) is 0 Å². The summed E-state index contributed by atoms with van der Waals surface area (Å²) in [6, 6.07) is -0.714. The van der Waals surface area contributed by atoms with E-state index in [-0.39, 0.29) is 24.0 Å². The third kappa shape index (κ3) is 4.34. The number of hydrogen-bond acceptors (Lipinski definition) is 4. The van der Waals surface area contributed by atoms with Crippen LogP contribution >= 0.6 is 0 Å². The number of carbonyl (C=O) groups is 2. The average Bonchev–Trinajstić information content (AvgIpc) is 3.15. The summed E-state index contributed by atoms with van der Waals surface area (Å²) in [5.74, 6) is -0.0204. The van der Waals surface area contributed by atoms with Crippen LogP contribution < -0.4 is 10.6 Å². The maximum Gasteiger partial charge on any atom is 0.323 e. The van der Waals surface area contributed by atoms with E-state index < -0.39 is 0 Å². The van der Waals surface area contributed by atoms with Gasteiger partial charge in [0.05, 0.1) is 13.2 Å². The van der Waals surface area contributed by atoms with E-state index in [1.54, 1.807) is 6.92 Å². The molecule has 0 aromatic rings. The first-order chi connectivity index (χ1) is 8.10. The molecular weight excluding hydrogens is 220 g/mol. The number of nitrogens with one attached hydrogen (secondary N) is 2. The Hall–Kier alpha value is -1.10. The smallest absolute Gasteiger partial charge is 0.323 e. The van der Waals surface area contributed by atoms with Crippen LogP contribution in [0, 0.1) is 5.92 Å². The Balaban J connectivity index is 2.43. The number of esters is 1. The molecule has 0 radical (unpaired) electrons. The van der Waals surface area contributed by atoms with Crippen LogP contribution in [0.2, 0.25) is 0 Å². The second-order valence-corrected chi connectivity index (χ2v) is 4.52. The summed E-state index contributed by atoms with van der Waals surface area (Å²) in [6.07, 6.45) is 2.95. The normalized spacial score (nSPS) is 18.3. The number of carbonyl (C=O) groups excluding carboxylic acids is 2. The minimum absolute atomic E-state index is 0.0681. The highest BCUT2D eigenvalue weighted by Gasteiger charge is 2.38.